The summed E-state index contributed by atoms with van der Waals surface area (Å²) in [6, 6.07) is 26.1. The molecular weight excluding hydrogens is 776 g/mol. The minimum atomic E-state index is -4.48. The van der Waals surface area contributed by atoms with Crippen LogP contribution in [0, 0.1) is 0 Å². The second-order valence-electron chi connectivity index (χ2n) is 10.9. The molecule has 0 saturated carbocycles. The van der Waals surface area contributed by atoms with E-state index in [9.17, 15) is 25.9 Å². The van der Waals surface area contributed by atoms with Crippen LogP contribution in [0.2, 0.25) is 0 Å². The van der Waals surface area contributed by atoms with E-state index in [1.54, 1.807) is 36.4 Å². The number of nitrogens with zero attached hydrogens (tertiary/aromatic N) is 2. The number of rotatable bonds is 9. The summed E-state index contributed by atoms with van der Waals surface area (Å²) in [5.41, 5.74) is 4.98. The lowest BCUT2D eigenvalue weighted by molar-refractivity contribution is 0.275. The summed E-state index contributed by atoms with van der Waals surface area (Å²) < 4.78 is 82.3. The second-order valence-corrected chi connectivity index (χ2v) is 15.6. The summed E-state index contributed by atoms with van der Waals surface area (Å²) in [4.78, 5) is 2.80. The Morgan fingerprint density at radius 1 is 0.745 bits per heavy atom. The van der Waals surface area contributed by atoms with Crippen molar-refractivity contribution in [3.05, 3.63) is 117 Å². The van der Waals surface area contributed by atoms with Gasteiger partial charge in [0.25, 0.3) is 20.2 Å². The normalized spacial score (nSPS) is 17.0. The van der Waals surface area contributed by atoms with Crippen molar-refractivity contribution in [3.63, 3.8) is 0 Å². The Balaban J connectivity index is 1.36. The van der Waals surface area contributed by atoms with E-state index >= 15 is 0 Å². The molecule has 6 rings (SSSR count). The van der Waals surface area contributed by atoms with Crippen molar-refractivity contribution < 1.29 is 35.4 Å². The molecule has 1 atom stereocenters. The Hall–Kier alpha value is -3.66. The summed E-state index contributed by atoms with van der Waals surface area (Å²) in [5.74, 6) is -0.515. The first kappa shape index (κ1) is 33.2. The van der Waals surface area contributed by atoms with Gasteiger partial charge in [0.05, 0.1) is 11.4 Å². The minimum absolute atomic E-state index is 0.146. The van der Waals surface area contributed by atoms with Crippen LogP contribution in [0.5, 0.6) is 11.5 Å². The van der Waals surface area contributed by atoms with Gasteiger partial charge >= 0.3 is 0 Å². The zero-order valence-electron chi connectivity index (χ0n) is 24.7. The third-order valence-electron chi connectivity index (χ3n) is 7.58. The molecule has 0 spiro atoms. The molecular formula is C33H28Br2N2O8S2. The van der Waals surface area contributed by atoms with Crippen molar-refractivity contribution in [2.24, 2.45) is 0 Å². The van der Waals surface area contributed by atoms with Crippen LogP contribution in [-0.4, -0.2) is 43.9 Å². The molecule has 244 valence electrons. The van der Waals surface area contributed by atoms with Gasteiger partial charge in [-0.3, -0.25) is 14.0 Å². The fourth-order valence-electron chi connectivity index (χ4n) is 5.37. The van der Waals surface area contributed by atoms with Crippen molar-refractivity contribution in [1.29, 1.82) is 0 Å². The summed E-state index contributed by atoms with van der Waals surface area (Å²) in [6.07, 6.45) is 2.80. The molecule has 47 heavy (non-hydrogen) atoms. The highest BCUT2D eigenvalue weighted by atomic mass is 79.9. The van der Waals surface area contributed by atoms with Gasteiger partial charge in [0.15, 0.2) is 17.9 Å². The standard InChI is InChI=1S/C33H28Br2N2O8S2/c1-2-21(15-32-36(19-46(38,39)40)28-17-24(7-13-30(28)44-32)22-3-9-26(34)10-4-22)16-33-37(20-47(41,42)43)29-18-25(8-14-31(29)45-33)23-5-11-27(35)12-6-23/h3-18,32H,2,19-20H2,1H3,(H,38,39,40)(H,41,42,43)/b21-15+,33-16-. The van der Waals surface area contributed by atoms with E-state index in [1.165, 1.54) is 9.80 Å². The van der Waals surface area contributed by atoms with Crippen LogP contribution in [-0.2, 0) is 20.2 Å². The average Bonchev–Trinajstić information content (AvgIpc) is 3.51. The van der Waals surface area contributed by atoms with Gasteiger partial charge in [0.1, 0.15) is 11.6 Å². The molecule has 10 nitrogen and oxygen atoms in total. The Morgan fingerprint density at radius 3 is 1.79 bits per heavy atom. The number of hydrogen-bond donors (Lipinski definition) is 2. The number of benzene rings is 4. The molecule has 0 saturated heterocycles. The Labute approximate surface area is 289 Å². The van der Waals surface area contributed by atoms with Gasteiger partial charge in [-0.2, -0.15) is 16.8 Å². The zero-order chi connectivity index (χ0) is 33.5. The van der Waals surface area contributed by atoms with Crippen LogP contribution in [0.1, 0.15) is 13.3 Å². The molecule has 1 unspecified atom stereocenters. The zero-order valence-corrected chi connectivity index (χ0v) is 29.6. The Morgan fingerprint density at radius 2 is 1.26 bits per heavy atom. The van der Waals surface area contributed by atoms with E-state index in [-0.39, 0.29) is 5.88 Å². The molecule has 14 heteroatoms. The predicted octanol–water partition coefficient (Wildman–Crippen LogP) is 7.84. The topological polar surface area (TPSA) is 134 Å². The fraction of sp³-hybridized carbons (Fsp3) is 0.152. The third kappa shape index (κ3) is 7.74. The van der Waals surface area contributed by atoms with E-state index < -0.39 is 38.2 Å². The highest BCUT2D eigenvalue weighted by Crippen LogP contribution is 2.44. The lowest BCUT2D eigenvalue weighted by atomic mass is 10.0. The van der Waals surface area contributed by atoms with Crippen LogP contribution in [0.25, 0.3) is 22.3 Å². The largest absolute Gasteiger partial charge is 0.465 e. The molecule has 2 aliphatic rings. The van der Waals surface area contributed by atoms with E-state index in [0.29, 0.717) is 34.9 Å². The fourth-order valence-corrected chi connectivity index (χ4v) is 7.13. The molecule has 0 aromatic heterocycles. The highest BCUT2D eigenvalue weighted by Gasteiger charge is 2.34. The lowest BCUT2D eigenvalue weighted by Crippen LogP contribution is -2.37. The second kappa shape index (κ2) is 13.1. The summed E-state index contributed by atoms with van der Waals surface area (Å²) >= 11 is 6.86. The maximum absolute atomic E-state index is 12.1. The predicted molar refractivity (Wildman–Crippen MR) is 188 cm³/mol. The SMILES string of the molecule is CCC(/C=C1\Oc2ccc(-c3ccc(Br)cc3)cc2N1CS(=O)(=O)O)=C\C1Oc2ccc(-c3ccc(Br)cc3)cc2N1CS(=O)(=O)O. The summed E-state index contributed by atoms with van der Waals surface area (Å²) in [6.45, 7) is 1.87. The molecule has 0 bridgehead atoms. The molecule has 2 aliphatic heterocycles. The number of fused-ring (bicyclic) bond motifs is 2. The van der Waals surface area contributed by atoms with E-state index in [0.717, 1.165) is 31.2 Å². The van der Waals surface area contributed by atoms with Crippen molar-refractivity contribution in [3.8, 4) is 33.8 Å². The quantitative estimate of drug-likeness (QED) is 0.161. The van der Waals surface area contributed by atoms with Gasteiger partial charge in [-0.1, -0.05) is 75.2 Å². The number of anilines is 2. The smallest absolute Gasteiger partial charge is 0.283 e. The third-order valence-corrected chi connectivity index (χ3v) is 9.82. The van der Waals surface area contributed by atoms with Crippen molar-refractivity contribution in [1.82, 2.24) is 0 Å². The Bertz CT molecular complexity index is 2120. The molecule has 2 N–H and O–H groups in total. The van der Waals surface area contributed by atoms with Crippen LogP contribution in [0.4, 0.5) is 11.4 Å². The number of ether oxygens (including phenoxy) is 2. The molecule has 4 aromatic rings. The number of allylic oxidation sites excluding steroid dienone is 2. The first-order chi connectivity index (χ1) is 22.3. The van der Waals surface area contributed by atoms with E-state index in [4.69, 9.17) is 9.47 Å². The molecule has 2 heterocycles. The Kier molecular flexibility index (Phi) is 9.26. The first-order valence-corrected chi connectivity index (χ1v) is 19.1. The van der Waals surface area contributed by atoms with Crippen molar-refractivity contribution in [2.45, 2.75) is 19.6 Å². The maximum atomic E-state index is 12.1. The lowest BCUT2D eigenvalue weighted by Gasteiger charge is -2.22. The van der Waals surface area contributed by atoms with E-state index in [1.807, 2.05) is 67.6 Å². The molecule has 0 aliphatic carbocycles. The monoisotopic (exact) mass is 802 g/mol. The van der Waals surface area contributed by atoms with Gasteiger partial charge in [-0.05, 0) is 88.9 Å². The average molecular weight is 805 g/mol. The van der Waals surface area contributed by atoms with E-state index in [2.05, 4.69) is 31.9 Å². The molecule has 0 radical (unpaired) electrons. The summed E-state index contributed by atoms with van der Waals surface area (Å²) in [5, 5.41) is 0. The number of hydrogen-bond acceptors (Lipinski definition) is 8. The number of halogens is 2. The van der Waals surface area contributed by atoms with Gasteiger partial charge in [-0.15, -0.1) is 0 Å². The van der Waals surface area contributed by atoms with Gasteiger partial charge in [-0.25, -0.2) is 0 Å². The van der Waals surface area contributed by atoms with Gasteiger partial charge < -0.3 is 14.4 Å². The minimum Gasteiger partial charge on any atom is -0.465 e. The molecule has 0 amide bonds. The molecule has 4 aromatic carbocycles. The van der Waals surface area contributed by atoms with Crippen LogP contribution < -0.4 is 19.3 Å². The van der Waals surface area contributed by atoms with Crippen molar-refractivity contribution in [2.75, 3.05) is 21.6 Å². The first-order valence-electron chi connectivity index (χ1n) is 14.3. The van der Waals surface area contributed by atoms with Gasteiger partial charge in [0.2, 0.25) is 5.88 Å². The van der Waals surface area contributed by atoms with Gasteiger partial charge in [0, 0.05) is 15.0 Å². The van der Waals surface area contributed by atoms with Crippen LogP contribution >= 0.6 is 31.9 Å². The van der Waals surface area contributed by atoms with Crippen molar-refractivity contribution >= 4 is 63.5 Å². The summed E-state index contributed by atoms with van der Waals surface area (Å²) in [7, 11) is -8.94. The van der Waals surface area contributed by atoms with Crippen LogP contribution in [0.15, 0.2) is 117 Å². The maximum Gasteiger partial charge on any atom is 0.283 e. The van der Waals surface area contributed by atoms with Crippen LogP contribution in [0.3, 0.4) is 0 Å². The highest BCUT2D eigenvalue weighted by molar-refractivity contribution is 9.10. The molecule has 0 fully saturated rings.